The first-order valence-electron chi connectivity index (χ1n) is 39.0. The van der Waals surface area contributed by atoms with Gasteiger partial charge >= 0.3 is 36.2 Å². The standard InChI is InChI=1S/C37H47N3O6Si.C34H39N3O6.C20H21NO4/c1-25(2)34(38-37(44)45-24-31-29-19-13-11-17-27(29)28-18-12-14-20-30(28)31)35(42)39(3)22-21-33(41)40(4)32(36(43)46-47(5,6)7)23-26-15-9-8-10-16-26;1-22(2)31(35-34(42)43-21-28-26-16-10-8-14-24(26)25-15-9-11-17-27(25)28)32(39)36(3)19-18-30(38)37(4)29(33(40)41)20-23-12-6-5-7-13-23;1-12(2)18(19(22)23)21-20(24)25-11-17-15-9-5-3-7-13(15)14-8-4-6-10-16(14)17/h8-20,25,31-32,34H,21-24H2,1-7H3,(H,38,44);5-17,22,28-29,31H,18-21H2,1-4H3,(H,35,42)(H,40,41);3-10,12,17-18H,11H2,1-2H3,(H,21,24)(H,22,23)/t32-,34-;29-,31-;18-/m000/s1. The molecule has 0 fully saturated rings. The third kappa shape index (κ3) is 22.7. The minimum atomic E-state index is -2.20. The molecule has 11 rings (SSSR count). The fourth-order valence-corrected chi connectivity index (χ4v) is 15.3. The number of alkyl carbamates (subject to hydrolysis) is 3. The number of nitrogens with zero attached hydrogens (tertiary/aromatic N) is 4. The van der Waals surface area contributed by atoms with Gasteiger partial charge in [-0.25, -0.2) is 24.0 Å². The zero-order valence-corrected chi connectivity index (χ0v) is 68.7. The Morgan fingerprint density at radius 1 is 0.365 bits per heavy atom. The smallest absolute Gasteiger partial charge is 0.407 e. The van der Waals surface area contributed by atoms with Gasteiger partial charge in [0.05, 0.1) is 0 Å². The van der Waals surface area contributed by atoms with Gasteiger partial charge in [-0.2, -0.15) is 0 Å². The van der Waals surface area contributed by atoms with Crippen molar-refractivity contribution in [3.8, 4) is 33.4 Å². The van der Waals surface area contributed by atoms with E-state index in [2.05, 4.69) is 64.5 Å². The topological polar surface area (TPSA) is 297 Å². The lowest BCUT2D eigenvalue weighted by Crippen LogP contribution is -2.51. The first kappa shape index (κ1) is 87.0. The van der Waals surface area contributed by atoms with Crippen molar-refractivity contribution in [2.45, 2.75) is 135 Å². The fourth-order valence-electron chi connectivity index (χ4n) is 14.6. The Balaban J connectivity index is 0.000000206. The molecule has 115 heavy (non-hydrogen) atoms. The highest BCUT2D eigenvalue weighted by atomic mass is 28.4. The molecular weight excluding hydrogens is 1480 g/mol. The SMILES string of the molecule is CC(C)[C@H](NC(=O)OCC1c2ccccc2-c2ccccc21)C(=O)N(C)CCC(=O)N(C)[C@@H](Cc1ccccc1)C(=O)O.CC(C)[C@H](NC(=O)OCC1c2ccccc2-c2ccccc21)C(=O)N(C)CCC(=O)N(C)[C@@H](Cc1ccccc1)C(=O)O[Si](C)(C)C.CC(C)[C@H](NC(=O)OCC1c2ccccc2-c2ccccc21)C(=O)O. The maximum absolute atomic E-state index is 13.5. The van der Waals surface area contributed by atoms with Gasteiger partial charge in [0.2, 0.25) is 31.9 Å². The summed E-state index contributed by atoms with van der Waals surface area (Å²) < 4.78 is 22.5. The number of nitrogens with one attached hydrogen (secondary N) is 3. The van der Waals surface area contributed by atoms with Crippen LogP contribution in [0, 0.1) is 17.8 Å². The van der Waals surface area contributed by atoms with E-state index in [1.165, 1.54) is 26.6 Å². The molecule has 8 aromatic rings. The predicted octanol–water partition coefficient (Wildman–Crippen LogP) is 14.0. The molecule has 606 valence electrons. The van der Waals surface area contributed by atoms with E-state index in [4.69, 9.17) is 23.7 Å². The largest absolute Gasteiger partial charge is 0.518 e. The average Bonchev–Trinajstić information content (AvgIpc) is 1.63. The number of ether oxygens (including phenoxy) is 3. The third-order valence-electron chi connectivity index (χ3n) is 21.0. The zero-order valence-electron chi connectivity index (χ0n) is 67.7. The Hall–Kier alpha value is -11.9. The van der Waals surface area contributed by atoms with Gasteiger partial charge in [0, 0.05) is 84.7 Å². The van der Waals surface area contributed by atoms with E-state index in [1.807, 2.05) is 205 Å². The second kappa shape index (κ2) is 40.2. The summed E-state index contributed by atoms with van der Waals surface area (Å²) in [6, 6.07) is 62.5. The Morgan fingerprint density at radius 3 is 0.896 bits per heavy atom. The molecule has 5 N–H and O–H groups in total. The van der Waals surface area contributed by atoms with E-state index in [0.29, 0.717) is 6.42 Å². The maximum atomic E-state index is 13.5. The molecule has 8 aromatic carbocycles. The summed E-state index contributed by atoms with van der Waals surface area (Å²) in [7, 11) is 4.02. The molecule has 0 saturated heterocycles. The molecule has 5 atom stereocenters. The first-order chi connectivity index (χ1) is 54.8. The summed E-state index contributed by atoms with van der Waals surface area (Å²) in [6.45, 7) is 17.2. The Kier molecular flexibility index (Phi) is 30.4. The second-order valence-electron chi connectivity index (χ2n) is 31.2. The molecular formula is C91H107N7O16Si. The summed E-state index contributed by atoms with van der Waals surface area (Å²) in [4.78, 5) is 133. The van der Waals surface area contributed by atoms with Crippen LogP contribution in [-0.2, 0) is 65.0 Å². The van der Waals surface area contributed by atoms with Crippen LogP contribution in [-0.4, -0.2) is 189 Å². The lowest BCUT2D eigenvalue weighted by atomic mass is 9.98. The molecule has 3 aliphatic carbocycles. The number of carboxylic acid groups (broad SMARTS) is 2. The number of aliphatic carboxylic acids is 2. The Labute approximate surface area is 674 Å². The van der Waals surface area contributed by atoms with Gasteiger partial charge in [0.1, 0.15) is 50.0 Å². The third-order valence-corrected chi connectivity index (χ3v) is 21.8. The number of rotatable bonds is 30. The van der Waals surface area contributed by atoms with Crippen molar-refractivity contribution in [2.75, 3.05) is 61.1 Å². The molecule has 0 spiro atoms. The maximum Gasteiger partial charge on any atom is 0.407 e. The normalized spacial score (nSPS) is 13.6. The van der Waals surface area contributed by atoms with Gasteiger partial charge in [0.15, 0.2) is 0 Å². The van der Waals surface area contributed by atoms with Crippen molar-refractivity contribution in [2.24, 2.45) is 17.8 Å². The van der Waals surface area contributed by atoms with Crippen molar-refractivity contribution in [1.29, 1.82) is 0 Å². The molecule has 3 aliphatic rings. The number of amides is 7. The molecule has 0 unspecified atom stereocenters. The zero-order chi connectivity index (χ0) is 83.4. The molecule has 0 radical (unpaired) electrons. The number of carbonyl (C=O) groups is 10. The van der Waals surface area contributed by atoms with E-state index >= 15 is 0 Å². The highest BCUT2D eigenvalue weighted by Gasteiger charge is 2.38. The average molecular weight is 1580 g/mol. The van der Waals surface area contributed by atoms with E-state index < -0.39 is 80.6 Å². The van der Waals surface area contributed by atoms with Crippen molar-refractivity contribution < 1.29 is 76.8 Å². The Morgan fingerprint density at radius 2 is 0.626 bits per heavy atom. The van der Waals surface area contributed by atoms with Gasteiger partial charge in [-0.1, -0.05) is 248 Å². The van der Waals surface area contributed by atoms with E-state index in [0.717, 1.165) is 77.9 Å². The van der Waals surface area contributed by atoms with Crippen LogP contribution in [0.25, 0.3) is 33.4 Å². The van der Waals surface area contributed by atoms with Crippen LogP contribution in [0.2, 0.25) is 19.6 Å². The van der Waals surface area contributed by atoms with Gasteiger partial charge < -0.3 is 64.4 Å². The molecule has 0 aliphatic heterocycles. The summed E-state index contributed by atoms with van der Waals surface area (Å²) >= 11 is 0. The van der Waals surface area contributed by atoms with Gasteiger partial charge in [-0.15, -0.1) is 0 Å². The number of hydrogen-bond donors (Lipinski definition) is 5. The molecule has 0 aromatic heterocycles. The van der Waals surface area contributed by atoms with Gasteiger partial charge in [-0.05, 0) is 115 Å². The van der Waals surface area contributed by atoms with E-state index in [1.54, 1.807) is 35.0 Å². The molecule has 0 heterocycles. The quantitative estimate of drug-likeness (QED) is 0.0206. The molecule has 24 heteroatoms. The number of likely N-dealkylation sites (N-methyl/N-ethyl adjacent to an activating group) is 4. The number of hydrogen-bond acceptors (Lipinski definition) is 14. The predicted molar refractivity (Wildman–Crippen MR) is 443 cm³/mol. The van der Waals surface area contributed by atoms with Crippen LogP contribution in [0.5, 0.6) is 0 Å². The molecule has 7 amide bonds. The minimum absolute atomic E-state index is 0.0000156. The van der Waals surface area contributed by atoms with Crippen molar-refractivity contribution in [3.05, 3.63) is 251 Å². The van der Waals surface area contributed by atoms with Crippen LogP contribution in [0.1, 0.15) is 117 Å². The van der Waals surface area contributed by atoms with Crippen molar-refractivity contribution in [3.63, 3.8) is 0 Å². The molecule has 23 nitrogen and oxygen atoms in total. The number of carboxylic acids is 2. The monoisotopic (exact) mass is 1580 g/mol. The highest BCUT2D eigenvalue weighted by Crippen LogP contribution is 2.47. The van der Waals surface area contributed by atoms with E-state index in [-0.39, 0.29) is 105 Å². The first-order valence-corrected chi connectivity index (χ1v) is 42.4. The lowest BCUT2D eigenvalue weighted by Gasteiger charge is -2.31. The summed E-state index contributed by atoms with van der Waals surface area (Å²) in [5, 5.41) is 26.8. The van der Waals surface area contributed by atoms with Crippen LogP contribution in [0.3, 0.4) is 0 Å². The summed E-state index contributed by atoms with van der Waals surface area (Å²) in [6.07, 6.45) is -1.64. The molecule has 0 saturated carbocycles. The lowest BCUT2D eigenvalue weighted by molar-refractivity contribution is -0.149. The van der Waals surface area contributed by atoms with Crippen molar-refractivity contribution >= 4 is 68.1 Å². The van der Waals surface area contributed by atoms with Gasteiger partial charge in [0.25, 0.3) is 0 Å². The summed E-state index contributed by atoms with van der Waals surface area (Å²) in [5.74, 6) is -4.90. The van der Waals surface area contributed by atoms with Crippen molar-refractivity contribution in [1.82, 2.24) is 35.6 Å². The highest BCUT2D eigenvalue weighted by molar-refractivity contribution is 6.71. The van der Waals surface area contributed by atoms with Crippen LogP contribution < -0.4 is 16.0 Å². The van der Waals surface area contributed by atoms with Gasteiger partial charge in [-0.3, -0.25) is 24.0 Å². The van der Waals surface area contributed by atoms with Crippen LogP contribution in [0.15, 0.2) is 206 Å². The fraction of sp³-hybridized carbons (Fsp3) is 0.363. The number of benzene rings is 8. The Bertz CT molecular complexity index is 4610. The minimum Gasteiger partial charge on any atom is -0.518 e. The number of fused-ring (bicyclic) bond motifs is 9. The van der Waals surface area contributed by atoms with Crippen LogP contribution in [0.4, 0.5) is 14.4 Å². The molecule has 0 bridgehead atoms. The van der Waals surface area contributed by atoms with E-state index in [9.17, 15) is 53.1 Å². The number of carbonyl (C=O) groups excluding carboxylic acids is 8. The second-order valence-corrected chi connectivity index (χ2v) is 35.7. The summed E-state index contributed by atoms with van der Waals surface area (Å²) in [5.41, 5.74) is 15.2. The van der Waals surface area contributed by atoms with Crippen LogP contribution >= 0.6 is 0 Å².